The molecule has 12 heteroatoms. The summed E-state index contributed by atoms with van der Waals surface area (Å²) >= 11 is 0. The number of carbonyl (C=O) groups excluding carboxylic acids is 6. The fraction of sp³-hybridized carbons (Fsp3) is 0.429. The third kappa shape index (κ3) is 13.5. The monoisotopic (exact) mass is 738 g/mol. The molecule has 3 aliphatic rings. The minimum absolute atomic E-state index is 0.0872. The zero-order chi connectivity index (χ0) is 38.9. The Morgan fingerprint density at radius 2 is 0.519 bits per heavy atom. The van der Waals surface area contributed by atoms with E-state index in [9.17, 15) is 44.1 Å². The lowest BCUT2D eigenvalue weighted by Gasteiger charge is -2.22. The van der Waals surface area contributed by atoms with Crippen LogP contribution in [0.4, 0.5) is 0 Å². The molecule has 0 atom stereocenters. The number of carboxylic acids is 3. The van der Waals surface area contributed by atoms with Crippen LogP contribution >= 0.6 is 0 Å². The van der Waals surface area contributed by atoms with Crippen LogP contribution in [-0.4, -0.2) is 53.8 Å². The summed E-state index contributed by atoms with van der Waals surface area (Å²) in [7, 11) is 0. The van der Waals surface area contributed by atoms with Crippen LogP contribution in [0.5, 0.6) is 0 Å². The molecule has 3 saturated carbocycles. The zero-order valence-corrected chi connectivity index (χ0v) is 30.4. The average Bonchev–Trinajstić information content (AvgIpc) is 3.19. The largest absolute Gasteiger partial charge is 0.545 e. The molecule has 3 amide bonds. The predicted molar refractivity (Wildman–Crippen MR) is 195 cm³/mol. The topological polar surface area (TPSA) is 208 Å². The van der Waals surface area contributed by atoms with Gasteiger partial charge in [-0.2, -0.15) is 0 Å². The van der Waals surface area contributed by atoms with Gasteiger partial charge in [-0.1, -0.05) is 94.2 Å². The standard InChI is InChI=1S/3C14H17NO3/c3*16-13(15-12-4-2-1-3-5-12)10-6-8-11(9-7-10)14(17)18/h3*6-9,12H,1-5H2,(H,15,16)(H,17,18)/p-3. The van der Waals surface area contributed by atoms with E-state index in [1.165, 1.54) is 92.1 Å². The molecular formula is C42H48N3O9-3. The summed E-state index contributed by atoms with van der Waals surface area (Å²) in [6, 6.07) is 18.2. The van der Waals surface area contributed by atoms with E-state index < -0.39 is 17.9 Å². The number of carboxylic acid groups (broad SMARTS) is 3. The van der Waals surface area contributed by atoms with E-state index in [-0.39, 0.29) is 52.5 Å². The molecule has 0 aromatic heterocycles. The maximum absolute atomic E-state index is 11.9. The molecule has 12 nitrogen and oxygen atoms in total. The van der Waals surface area contributed by atoms with E-state index in [0.29, 0.717) is 16.7 Å². The second-order valence-electron chi connectivity index (χ2n) is 14.0. The molecule has 6 rings (SSSR count). The Morgan fingerprint density at radius 1 is 0.333 bits per heavy atom. The Hall–Kier alpha value is -5.52. The van der Waals surface area contributed by atoms with E-state index in [1.807, 2.05) is 0 Å². The number of hydrogen-bond donors (Lipinski definition) is 3. The lowest BCUT2D eigenvalue weighted by Crippen LogP contribution is -2.36. The normalized spacial score (nSPS) is 16.2. The minimum atomic E-state index is -1.23. The molecule has 3 fully saturated rings. The van der Waals surface area contributed by atoms with Crippen LogP contribution in [0.15, 0.2) is 72.8 Å². The molecular weight excluding hydrogens is 690 g/mol. The Kier molecular flexibility index (Phi) is 16.2. The van der Waals surface area contributed by atoms with E-state index >= 15 is 0 Å². The van der Waals surface area contributed by atoms with Gasteiger partial charge in [0.25, 0.3) is 17.7 Å². The molecule has 0 saturated heterocycles. The van der Waals surface area contributed by atoms with Crippen molar-refractivity contribution in [3.8, 4) is 0 Å². The fourth-order valence-corrected chi connectivity index (χ4v) is 6.82. The summed E-state index contributed by atoms with van der Waals surface area (Å²) < 4.78 is 0. The van der Waals surface area contributed by atoms with Gasteiger partial charge in [-0.05, 0) is 91.6 Å². The van der Waals surface area contributed by atoms with Crippen LogP contribution < -0.4 is 31.3 Å². The van der Waals surface area contributed by atoms with Gasteiger partial charge in [0.05, 0.1) is 17.9 Å². The first-order valence-electron chi connectivity index (χ1n) is 18.9. The third-order valence-electron chi connectivity index (χ3n) is 9.97. The quantitative estimate of drug-likeness (QED) is 0.294. The second kappa shape index (κ2) is 21.2. The molecule has 0 aliphatic heterocycles. The van der Waals surface area contributed by atoms with Gasteiger partial charge < -0.3 is 45.7 Å². The summed E-state index contributed by atoms with van der Waals surface area (Å²) in [6.45, 7) is 0. The highest BCUT2D eigenvalue weighted by atomic mass is 16.4. The first-order valence-corrected chi connectivity index (χ1v) is 18.9. The van der Waals surface area contributed by atoms with Crippen LogP contribution in [0.25, 0.3) is 0 Å². The van der Waals surface area contributed by atoms with Gasteiger partial charge in [0, 0.05) is 34.8 Å². The van der Waals surface area contributed by atoms with E-state index in [1.54, 1.807) is 0 Å². The van der Waals surface area contributed by atoms with E-state index in [2.05, 4.69) is 16.0 Å². The number of rotatable bonds is 9. The summed E-state index contributed by atoms with van der Waals surface area (Å²) in [5, 5.41) is 40.7. The number of amides is 3. The zero-order valence-electron chi connectivity index (χ0n) is 30.4. The van der Waals surface area contributed by atoms with Crippen molar-refractivity contribution in [2.24, 2.45) is 0 Å². The Labute approximate surface area is 315 Å². The number of aromatic carboxylic acids is 3. The summed E-state index contributed by atoms with van der Waals surface area (Å²) in [5.41, 5.74) is 1.74. The van der Waals surface area contributed by atoms with Gasteiger partial charge >= 0.3 is 0 Å². The molecule has 3 aliphatic carbocycles. The van der Waals surface area contributed by atoms with Crippen molar-refractivity contribution in [2.75, 3.05) is 0 Å². The average molecular weight is 739 g/mol. The first kappa shape index (κ1) is 41.2. The summed E-state index contributed by atoms with van der Waals surface area (Å²) in [6.07, 6.45) is 16.9. The van der Waals surface area contributed by atoms with Crippen molar-refractivity contribution in [3.63, 3.8) is 0 Å². The van der Waals surface area contributed by atoms with Crippen LogP contribution in [0.3, 0.4) is 0 Å². The molecule has 288 valence electrons. The molecule has 0 heterocycles. The van der Waals surface area contributed by atoms with Gasteiger partial charge in [-0.15, -0.1) is 0 Å². The number of carbonyl (C=O) groups is 6. The van der Waals surface area contributed by atoms with Crippen LogP contribution in [0, 0.1) is 0 Å². The molecule has 3 aromatic carbocycles. The smallest absolute Gasteiger partial charge is 0.251 e. The Morgan fingerprint density at radius 3 is 0.704 bits per heavy atom. The van der Waals surface area contributed by atoms with Gasteiger partial charge in [-0.25, -0.2) is 0 Å². The molecule has 3 N–H and O–H groups in total. The molecule has 0 radical (unpaired) electrons. The van der Waals surface area contributed by atoms with E-state index in [4.69, 9.17) is 0 Å². The Bertz CT molecular complexity index is 1500. The van der Waals surface area contributed by atoms with Gasteiger partial charge in [-0.3, -0.25) is 14.4 Å². The fourth-order valence-electron chi connectivity index (χ4n) is 6.82. The highest BCUT2D eigenvalue weighted by Gasteiger charge is 2.18. The number of hydrogen-bond acceptors (Lipinski definition) is 9. The maximum Gasteiger partial charge on any atom is 0.251 e. The number of benzene rings is 3. The van der Waals surface area contributed by atoms with E-state index in [0.717, 1.165) is 77.0 Å². The van der Waals surface area contributed by atoms with Gasteiger partial charge in [0.15, 0.2) is 0 Å². The summed E-state index contributed by atoms with van der Waals surface area (Å²) in [5.74, 6) is -4.08. The van der Waals surface area contributed by atoms with Gasteiger partial charge in [0.1, 0.15) is 0 Å². The van der Waals surface area contributed by atoms with Crippen LogP contribution in [-0.2, 0) is 0 Å². The van der Waals surface area contributed by atoms with Crippen molar-refractivity contribution in [1.29, 1.82) is 0 Å². The van der Waals surface area contributed by atoms with Crippen molar-refractivity contribution in [1.82, 2.24) is 16.0 Å². The van der Waals surface area contributed by atoms with Crippen molar-refractivity contribution in [2.45, 2.75) is 114 Å². The molecule has 54 heavy (non-hydrogen) atoms. The van der Waals surface area contributed by atoms with Crippen molar-refractivity contribution < 1.29 is 44.1 Å². The SMILES string of the molecule is O=C([O-])c1ccc(C(=O)NC2CCCCC2)cc1.O=C([O-])c1ccc(C(=O)NC2CCCCC2)cc1.O=C([O-])c1ccc(C(=O)NC2CCCCC2)cc1. The maximum atomic E-state index is 11.9. The Balaban J connectivity index is 0.000000180. The molecule has 0 unspecified atom stereocenters. The van der Waals surface area contributed by atoms with Crippen LogP contribution in [0.1, 0.15) is 158 Å². The highest BCUT2D eigenvalue weighted by Crippen LogP contribution is 2.20. The van der Waals surface area contributed by atoms with Crippen LogP contribution in [0.2, 0.25) is 0 Å². The predicted octanol–water partition coefficient (Wildman–Crippen LogP) is 3.34. The molecule has 0 bridgehead atoms. The van der Waals surface area contributed by atoms with Gasteiger partial charge in [0.2, 0.25) is 0 Å². The minimum Gasteiger partial charge on any atom is -0.545 e. The molecule has 0 spiro atoms. The van der Waals surface area contributed by atoms with Crippen molar-refractivity contribution in [3.05, 3.63) is 106 Å². The third-order valence-corrected chi connectivity index (χ3v) is 9.97. The van der Waals surface area contributed by atoms with Crippen molar-refractivity contribution >= 4 is 35.6 Å². The lowest BCUT2D eigenvalue weighted by atomic mass is 9.95. The summed E-state index contributed by atoms with van der Waals surface area (Å²) in [4.78, 5) is 67.5. The lowest BCUT2D eigenvalue weighted by molar-refractivity contribution is -0.256. The first-order chi connectivity index (χ1) is 26.0. The number of nitrogens with one attached hydrogen (secondary N) is 3. The second-order valence-corrected chi connectivity index (χ2v) is 14.0. The molecule has 3 aromatic rings. The highest BCUT2D eigenvalue weighted by molar-refractivity contribution is 5.97.